The Balaban J connectivity index is 1.48. The molecule has 1 aliphatic rings. The number of piperazine rings is 1. The van der Waals surface area contributed by atoms with Gasteiger partial charge in [-0.3, -0.25) is 15.0 Å². The van der Waals surface area contributed by atoms with Crippen molar-refractivity contribution >= 4 is 33.9 Å². The summed E-state index contributed by atoms with van der Waals surface area (Å²) < 4.78 is 5.34. The Morgan fingerprint density at radius 3 is 2.45 bits per heavy atom. The van der Waals surface area contributed by atoms with Gasteiger partial charge in [0.25, 0.3) is 5.69 Å². The molecular formula is C21H20ClN3O4. The highest BCUT2D eigenvalue weighted by atomic mass is 35.5. The van der Waals surface area contributed by atoms with Crippen LogP contribution >= 0.6 is 11.6 Å². The smallest absolute Gasteiger partial charge is 0.336 e. The molecule has 1 aromatic heterocycles. The van der Waals surface area contributed by atoms with Crippen molar-refractivity contribution in [2.24, 2.45) is 0 Å². The normalized spacial score (nSPS) is 15.0. The Hall–Kier alpha value is -2.90. The molecule has 0 spiro atoms. The van der Waals surface area contributed by atoms with Crippen molar-refractivity contribution in [1.82, 2.24) is 4.90 Å². The monoisotopic (exact) mass is 413 g/mol. The van der Waals surface area contributed by atoms with Crippen LogP contribution in [0.2, 0.25) is 5.02 Å². The van der Waals surface area contributed by atoms with Crippen molar-refractivity contribution in [1.29, 1.82) is 0 Å². The van der Waals surface area contributed by atoms with Crippen LogP contribution in [0.4, 0.5) is 11.4 Å². The maximum absolute atomic E-state index is 12.0. The lowest BCUT2D eigenvalue weighted by Crippen LogP contribution is -2.46. The van der Waals surface area contributed by atoms with Crippen molar-refractivity contribution in [2.75, 3.05) is 31.1 Å². The Morgan fingerprint density at radius 1 is 1.10 bits per heavy atom. The van der Waals surface area contributed by atoms with Crippen LogP contribution in [0.5, 0.6) is 0 Å². The summed E-state index contributed by atoms with van der Waals surface area (Å²) in [5.74, 6) is 0. The number of nitro groups is 1. The largest absolute Gasteiger partial charge is 0.423 e. The van der Waals surface area contributed by atoms with Gasteiger partial charge in [0.2, 0.25) is 0 Å². The van der Waals surface area contributed by atoms with E-state index in [0.717, 1.165) is 48.4 Å². The highest BCUT2D eigenvalue weighted by Crippen LogP contribution is 2.27. The van der Waals surface area contributed by atoms with Crippen LogP contribution < -0.4 is 10.5 Å². The van der Waals surface area contributed by atoms with Crippen LogP contribution in [-0.4, -0.2) is 36.0 Å². The number of rotatable bonds is 4. The van der Waals surface area contributed by atoms with Gasteiger partial charge >= 0.3 is 5.63 Å². The summed E-state index contributed by atoms with van der Waals surface area (Å²) in [6, 6.07) is 11.8. The summed E-state index contributed by atoms with van der Waals surface area (Å²) in [6.45, 7) is 5.76. The van der Waals surface area contributed by atoms with Gasteiger partial charge in [0.05, 0.1) is 4.92 Å². The quantitative estimate of drug-likeness (QED) is 0.365. The Bertz CT molecular complexity index is 1120. The topological polar surface area (TPSA) is 79.8 Å². The van der Waals surface area contributed by atoms with Gasteiger partial charge in [-0.25, -0.2) is 4.79 Å². The van der Waals surface area contributed by atoms with Crippen molar-refractivity contribution in [3.05, 3.63) is 79.1 Å². The zero-order valence-electron chi connectivity index (χ0n) is 15.9. The molecule has 3 aromatic rings. The number of benzene rings is 2. The maximum atomic E-state index is 12.0. The van der Waals surface area contributed by atoms with E-state index in [1.807, 2.05) is 13.0 Å². The van der Waals surface area contributed by atoms with Crippen LogP contribution in [0.3, 0.4) is 0 Å². The first-order chi connectivity index (χ1) is 13.9. The third kappa shape index (κ3) is 4.11. The van der Waals surface area contributed by atoms with E-state index in [9.17, 15) is 14.9 Å². The van der Waals surface area contributed by atoms with Crippen LogP contribution in [-0.2, 0) is 6.54 Å². The number of nitro benzene ring substituents is 1. The number of aryl methyl sites for hydroxylation is 1. The molecule has 4 rings (SSSR count). The second-order valence-corrected chi connectivity index (χ2v) is 7.63. The molecule has 1 aliphatic heterocycles. The molecular weight excluding hydrogens is 394 g/mol. The molecule has 0 aliphatic carbocycles. The Labute approximate surface area is 172 Å². The van der Waals surface area contributed by atoms with Crippen molar-refractivity contribution in [3.63, 3.8) is 0 Å². The van der Waals surface area contributed by atoms with E-state index in [-0.39, 0.29) is 11.3 Å². The van der Waals surface area contributed by atoms with E-state index in [1.165, 1.54) is 18.2 Å². The molecule has 0 N–H and O–H groups in total. The number of non-ortho nitro benzene ring substituents is 1. The van der Waals surface area contributed by atoms with E-state index >= 15 is 0 Å². The predicted molar refractivity (Wildman–Crippen MR) is 113 cm³/mol. The van der Waals surface area contributed by atoms with Crippen molar-refractivity contribution in [2.45, 2.75) is 13.5 Å². The van der Waals surface area contributed by atoms with Gasteiger partial charge in [-0.1, -0.05) is 11.6 Å². The molecule has 2 aromatic carbocycles. The molecule has 0 amide bonds. The summed E-state index contributed by atoms with van der Waals surface area (Å²) in [4.78, 5) is 26.9. The minimum absolute atomic E-state index is 0.0936. The fraction of sp³-hybridized carbons (Fsp3) is 0.286. The molecule has 0 bridgehead atoms. The fourth-order valence-electron chi connectivity index (χ4n) is 3.67. The highest BCUT2D eigenvalue weighted by molar-refractivity contribution is 6.32. The molecule has 1 saturated heterocycles. The Kier molecular flexibility index (Phi) is 5.25. The first-order valence-corrected chi connectivity index (χ1v) is 9.73. The van der Waals surface area contributed by atoms with Crippen LogP contribution in [0, 0.1) is 17.0 Å². The first kappa shape index (κ1) is 19.4. The molecule has 2 heterocycles. The Morgan fingerprint density at radius 2 is 1.79 bits per heavy atom. The minimum Gasteiger partial charge on any atom is -0.423 e. The van der Waals surface area contributed by atoms with Gasteiger partial charge < -0.3 is 9.32 Å². The van der Waals surface area contributed by atoms with Gasteiger partial charge in [-0.2, -0.15) is 0 Å². The van der Waals surface area contributed by atoms with Crippen molar-refractivity contribution < 1.29 is 9.34 Å². The molecule has 0 atom stereocenters. The van der Waals surface area contributed by atoms with Crippen LogP contribution in [0.15, 0.2) is 51.7 Å². The van der Waals surface area contributed by atoms with Gasteiger partial charge in [-0.15, -0.1) is 0 Å². The third-order valence-electron chi connectivity index (χ3n) is 5.30. The van der Waals surface area contributed by atoms with Crippen LogP contribution in [0.25, 0.3) is 11.0 Å². The number of fused-ring (bicyclic) bond motifs is 1. The first-order valence-electron chi connectivity index (χ1n) is 9.35. The van der Waals surface area contributed by atoms with E-state index in [0.29, 0.717) is 17.2 Å². The lowest BCUT2D eigenvalue weighted by molar-refractivity contribution is -0.384. The second kappa shape index (κ2) is 7.85. The highest BCUT2D eigenvalue weighted by Gasteiger charge is 2.19. The van der Waals surface area contributed by atoms with Gasteiger partial charge in [0.15, 0.2) is 0 Å². The minimum atomic E-state index is -0.393. The molecule has 29 heavy (non-hydrogen) atoms. The standard InChI is InChI=1S/C21H20ClN3O4/c1-14-10-20-18(12-19(14)22)15(11-21(26)29-20)13-23-6-8-24(9-7-23)16-2-4-17(5-3-16)25(27)28/h2-5,10-12H,6-9,13H2,1H3. The molecule has 150 valence electrons. The lowest BCUT2D eigenvalue weighted by Gasteiger charge is -2.36. The number of hydrogen-bond acceptors (Lipinski definition) is 6. The summed E-state index contributed by atoms with van der Waals surface area (Å²) in [5, 5.41) is 12.3. The molecule has 8 heteroatoms. The maximum Gasteiger partial charge on any atom is 0.336 e. The average molecular weight is 414 g/mol. The summed E-state index contributed by atoms with van der Waals surface area (Å²) in [5.41, 5.74) is 3.04. The zero-order chi connectivity index (χ0) is 20.5. The zero-order valence-corrected chi connectivity index (χ0v) is 16.7. The van der Waals surface area contributed by atoms with Gasteiger partial charge in [0, 0.05) is 67.0 Å². The fourth-order valence-corrected chi connectivity index (χ4v) is 3.83. The van der Waals surface area contributed by atoms with Gasteiger partial charge in [0.1, 0.15) is 5.58 Å². The van der Waals surface area contributed by atoms with Crippen LogP contribution in [0.1, 0.15) is 11.1 Å². The number of hydrogen-bond donors (Lipinski definition) is 0. The third-order valence-corrected chi connectivity index (χ3v) is 5.71. The summed E-state index contributed by atoms with van der Waals surface area (Å²) >= 11 is 6.28. The van der Waals surface area contributed by atoms with Gasteiger partial charge in [-0.05, 0) is 42.3 Å². The molecule has 0 saturated carbocycles. The molecule has 0 unspecified atom stereocenters. The number of halogens is 1. The average Bonchev–Trinajstić information content (AvgIpc) is 2.70. The van der Waals surface area contributed by atoms with E-state index in [2.05, 4.69) is 9.80 Å². The molecule has 7 nitrogen and oxygen atoms in total. The SMILES string of the molecule is Cc1cc2oc(=O)cc(CN3CCN(c4ccc([N+](=O)[O-])cc4)CC3)c2cc1Cl. The number of anilines is 1. The number of nitrogens with zero attached hydrogens (tertiary/aromatic N) is 3. The summed E-state index contributed by atoms with van der Waals surface area (Å²) in [7, 11) is 0. The van der Waals surface area contributed by atoms with E-state index < -0.39 is 4.92 Å². The second-order valence-electron chi connectivity index (χ2n) is 7.22. The lowest BCUT2D eigenvalue weighted by atomic mass is 10.1. The van der Waals surface area contributed by atoms with E-state index in [1.54, 1.807) is 18.2 Å². The molecule has 0 radical (unpaired) electrons. The van der Waals surface area contributed by atoms with Crippen molar-refractivity contribution in [3.8, 4) is 0 Å². The predicted octanol–water partition coefficient (Wildman–Crippen LogP) is 3.99. The molecule has 1 fully saturated rings. The summed E-state index contributed by atoms with van der Waals surface area (Å²) in [6.07, 6.45) is 0. The van der Waals surface area contributed by atoms with E-state index in [4.69, 9.17) is 16.0 Å².